The van der Waals surface area contributed by atoms with Gasteiger partial charge in [0.2, 0.25) is 23.7 Å². The standard InChI is InChI=1S/C12H15NO6S/c14-5-9-3-10(15)12-11(19-9)4-13(7-18-12)8-1-2-20(16,17)6-8/h3,8,14H,1-2,4-7H2/p+1. The fraction of sp³-hybridized carbons (Fsp3) is 0.583. The second kappa shape index (κ2) is 4.87. The van der Waals surface area contributed by atoms with E-state index in [1.54, 1.807) is 0 Å². The SMILES string of the molecule is O=c1cc(CO)oc2c1OC[NH+](C1CCS(=O)(=O)C1)C2. The van der Waals surface area contributed by atoms with Crippen LogP contribution in [0.15, 0.2) is 15.3 Å². The van der Waals surface area contributed by atoms with Gasteiger partial charge in [-0.1, -0.05) is 0 Å². The maximum atomic E-state index is 11.8. The number of rotatable bonds is 2. The van der Waals surface area contributed by atoms with Crippen LogP contribution in [0.1, 0.15) is 17.9 Å². The highest BCUT2D eigenvalue weighted by molar-refractivity contribution is 7.91. The summed E-state index contributed by atoms with van der Waals surface area (Å²) in [4.78, 5) is 12.7. The number of sulfone groups is 1. The first-order chi connectivity index (χ1) is 9.48. The summed E-state index contributed by atoms with van der Waals surface area (Å²) in [6, 6.07) is 1.18. The molecule has 0 spiro atoms. The third-order valence-corrected chi connectivity index (χ3v) is 5.55. The van der Waals surface area contributed by atoms with E-state index in [2.05, 4.69) is 0 Å². The number of ether oxygens (including phenoxy) is 1. The largest absolute Gasteiger partial charge is 0.453 e. The number of hydrogen-bond donors (Lipinski definition) is 2. The van der Waals surface area contributed by atoms with Crippen LogP contribution in [0.3, 0.4) is 0 Å². The van der Waals surface area contributed by atoms with Crippen LogP contribution >= 0.6 is 0 Å². The predicted octanol–water partition coefficient (Wildman–Crippen LogP) is -1.95. The van der Waals surface area contributed by atoms with Gasteiger partial charge in [0, 0.05) is 12.5 Å². The van der Waals surface area contributed by atoms with Crippen molar-refractivity contribution in [3.05, 3.63) is 27.8 Å². The first kappa shape index (κ1) is 13.6. The summed E-state index contributed by atoms with van der Waals surface area (Å²) >= 11 is 0. The van der Waals surface area contributed by atoms with Gasteiger partial charge in [0.15, 0.2) is 9.84 Å². The zero-order valence-electron chi connectivity index (χ0n) is 10.8. The number of aliphatic hydroxyl groups excluding tert-OH is 1. The van der Waals surface area contributed by atoms with Crippen LogP contribution in [-0.4, -0.2) is 37.8 Å². The van der Waals surface area contributed by atoms with Crippen LogP contribution < -0.4 is 15.1 Å². The minimum Gasteiger partial charge on any atom is -0.453 e. The van der Waals surface area contributed by atoms with E-state index in [9.17, 15) is 13.2 Å². The Morgan fingerprint density at radius 2 is 2.25 bits per heavy atom. The minimum absolute atomic E-state index is 0.0313. The van der Waals surface area contributed by atoms with Crippen LogP contribution in [0.2, 0.25) is 0 Å². The molecule has 8 heteroatoms. The van der Waals surface area contributed by atoms with Crippen molar-refractivity contribution in [1.82, 2.24) is 0 Å². The van der Waals surface area contributed by atoms with E-state index < -0.39 is 9.84 Å². The smallest absolute Gasteiger partial charge is 0.227 e. The molecule has 2 unspecified atom stereocenters. The van der Waals surface area contributed by atoms with Crippen LogP contribution in [0.5, 0.6) is 5.75 Å². The van der Waals surface area contributed by atoms with Crippen LogP contribution in [-0.2, 0) is 23.0 Å². The Balaban J connectivity index is 1.85. The van der Waals surface area contributed by atoms with E-state index in [-0.39, 0.29) is 47.8 Å². The van der Waals surface area contributed by atoms with Gasteiger partial charge in [-0.3, -0.25) is 9.69 Å². The van der Waals surface area contributed by atoms with E-state index in [1.165, 1.54) is 6.07 Å². The highest BCUT2D eigenvalue weighted by Crippen LogP contribution is 2.18. The summed E-state index contributed by atoms with van der Waals surface area (Å²) in [5.74, 6) is 1.09. The van der Waals surface area contributed by atoms with E-state index in [0.717, 1.165) is 4.90 Å². The first-order valence-electron chi connectivity index (χ1n) is 6.43. The minimum atomic E-state index is -2.95. The van der Waals surface area contributed by atoms with Crippen LogP contribution in [0.25, 0.3) is 0 Å². The lowest BCUT2D eigenvalue weighted by Crippen LogP contribution is -3.16. The molecule has 1 saturated heterocycles. The molecule has 1 fully saturated rings. The molecule has 7 nitrogen and oxygen atoms in total. The summed E-state index contributed by atoms with van der Waals surface area (Å²) < 4.78 is 33.9. The molecular weight excluding hydrogens is 286 g/mol. The van der Waals surface area contributed by atoms with Gasteiger partial charge >= 0.3 is 0 Å². The molecule has 2 N–H and O–H groups in total. The third-order valence-electron chi connectivity index (χ3n) is 3.78. The highest BCUT2D eigenvalue weighted by atomic mass is 32.2. The monoisotopic (exact) mass is 302 g/mol. The molecule has 3 rings (SSSR count). The Hall–Kier alpha value is -1.38. The van der Waals surface area contributed by atoms with Gasteiger partial charge in [0.1, 0.15) is 30.7 Å². The van der Waals surface area contributed by atoms with Crippen LogP contribution in [0, 0.1) is 0 Å². The molecular formula is C12H16NO6S+. The van der Waals surface area contributed by atoms with E-state index in [0.29, 0.717) is 18.7 Å². The Kier molecular flexibility index (Phi) is 3.31. The lowest BCUT2D eigenvalue weighted by atomic mass is 10.2. The molecule has 0 aliphatic carbocycles. The molecule has 1 aromatic heterocycles. The maximum Gasteiger partial charge on any atom is 0.227 e. The normalized spacial score (nSPS) is 27.9. The fourth-order valence-corrected chi connectivity index (χ4v) is 4.56. The fourth-order valence-electron chi connectivity index (χ4n) is 2.73. The number of nitrogens with one attached hydrogen (secondary N) is 1. The Bertz CT molecular complexity index is 680. The first-order valence-corrected chi connectivity index (χ1v) is 8.25. The second-order valence-electron chi connectivity index (χ2n) is 5.21. The third kappa shape index (κ3) is 2.46. The van der Waals surface area contributed by atoms with E-state index in [4.69, 9.17) is 14.3 Å². The summed E-state index contributed by atoms with van der Waals surface area (Å²) in [6.07, 6.45) is 0.598. The maximum absolute atomic E-state index is 11.8. The summed E-state index contributed by atoms with van der Waals surface area (Å²) in [7, 11) is -2.95. The topological polar surface area (TPSA) is 98.2 Å². The molecule has 0 saturated carbocycles. The summed E-state index contributed by atoms with van der Waals surface area (Å²) in [5.41, 5.74) is -0.312. The molecule has 20 heavy (non-hydrogen) atoms. The number of aliphatic hydroxyl groups is 1. The molecule has 0 amide bonds. The highest BCUT2D eigenvalue weighted by Gasteiger charge is 2.38. The number of quaternary nitrogens is 1. The van der Waals surface area contributed by atoms with Gasteiger partial charge < -0.3 is 14.3 Å². The number of hydrogen-bond acceptors (Lipinski definition) is 6. The van der Waals surface area contributed by atoms with Crippen LogP contribution in [0.4, 0.5) is 0 Å². The second-order valence-corrected chi connectivity index (χ2v) is 7.44. The van der Waals surface area contributed by atoms with Crippen molar-refractivity contribution in [2.24, 2.45) is 0 Å². The van der Waals surface area contributed by atoms with Gasteiger partial charge in [-0.05, 0) is 0 Å². The van der Waals surface area contributed by atoms with Gasteiger partial charge in [-0.2, -0.15) is 0 Å². The molecule has 0 bridgehead atoms. The average Bonchev–Trinajstić information content (AvgIpc) is 2.78. The van der Waals surface area contributed by atoms with Gasteiger partial charge in [0.05, 0.1) is 5.75 Å². The van der Waals surface area contributed by atoms with Crippen molar-refractivity contribution in [3.63, 3.8) is 0 Å². The van der Waals surface area contributed by atoms with Crippen molar-refractivity contribution >= 4 is 9.84 Å². The Morgan fingerprint density at radius 3 is 2.90 bits per heavy atom. The molecule has 0 radical (unpaired) electrons. The predicted molar refractivity (Wildman–Crippen MR) is 68.1 cm³/mol. The molecule has 110 valence electrons. The van der Waals surface area contributed by atoms with Crippen molar-refractivity contribution in [2.75, 3.05) is 18.2 Å². The summed E-state index contributed by atoms with van der Waals surface area (Å²) in [6.45, 7) is 0.310. The lowest BCUT2D eigenvalue weighted by Gasteiger charge is -2.28. The zero-order chi connectivity index (χ0) is 14.3. The Morgan fingerprint density at radius 1 is 1.45 bits per heavy atom. The molecule has 3 heterocycles. The van der Waals surface area contributed by atoms with Crippen molar-refractivity contribution < 1.29 is 27.6 Å². The average molecular weight is 302 g/mol. The van der Waals surface area contributed by atoms with Gasteiger partial charge in [-0.15, -0.1) is 0 Å². The zero-order valence-corrected chi connectivity index (χ0v) is 11.6. The molecule has 1 aromatic rings. The molecule has 2 atom stereocenters. The van der Waals surface area contributed by atoms with Gasteiger partial charge in [-0.25, -0.2) is 8.42 Å². The van der Waals surface area contributed by atoms with E-state index >= 15 is 0 Å². The molecule has 0 aromatic carbocycles. The molecule has 2 aliphatic rings. The number of fused-ring (bicyclic) bond motifs is 1. The van der Waals surface area contributed by atoms with Crippen molar-refractivity contribution in [1.29, 1.82) is 0 Å². The van der Waals surface area contributed by atoms with E-state index in [1.807, 2.05) is 0 Å². The van der Waals surface area contributed by atoms with Crippen molar-refractivity contribution in [3.8, 4) is 5.75 Å². The quantitative estimate of drug-likeness (QED) is 0.659. The van der Waals surface area contributed by atoms with Gasteiger partial charge in [0.25, 0.3) is 0 Å². The van der Waals surface area contributed by atoms with Crippen molar-refractivity contribution in [2.45, 2.75) is 25.6 Å². The lowest BCUT2D eigenvalue weighted by molar-refractivity contribution is -0.954. The summed E-state index contributed by atoms with van der Waals surface area (Å²) in [5, 5.41) is 9.05. The Labute approximate surface area is 115 Å². The molecule has 2 aliphatic heterocycles.